The second-order valence-electron chi connectivity index (χ2n) is 4.88. The van der Waals surface area contributed by atoms with Crippen LogP contribution < -0.4 is 0 Å². The molecule has 2 amide bonds. The van der Waals surface area contributed by atoms with Crippen LogP contribution in [0.4, 0.5) is 4.79 Å². The number of nitrogens with zero attached hydrogens (tertiary/aromatic N) is 1. The zero-order chi connectivity index (χ0) is 16.4. The third-order valence-corrected chi connectivity index (χ3v) is 4.96. The zero-order valence-electron chi connectivity index (χ0n) is 11.8. The highest BCUT2D eigenvalue weighted by Crippen LogP contribution is 2.35. The molecule has 0 spiro atoms. The number of carbonyl (C=O) groups excluding carboxylic acids is 2. The Bertz CT molecular complexity index is 785. The van der Waals surface area contributed by atoms with Crippen molar-refractivity contribution in [2.24, 2.45) is 0 Å². The Morgan fingerprint density at radius 3 is 2.26 bits per heavy atom. The lowest BCUT2D eigenvalue weighted by atomic mass is 10.2. The average Bonchev–Trinajstić information content (AvgIpc) is 2.79. The van der Waals surface area contributed by atoms with Gasteiger partial charge in [-0.1, -0.05) is 59.6 Å². The molecule has 1 heterocycles. The van der Waals surface area contributed by atoms with Crippen molar-refractivity contribution < 1.29 is 9.59 Å². The summed E-state index contributed by atoms with van der Waals surface area (Å²) in [6.45, 7) is 0.0648. The van der Waals surface area contributed by atoms with E-state index in [2.05, 4.69) is 0 Å². The van der Waals surface area contributed by atoms with Crippen LogP contribution in [0.15, 0.2) is 53.4 Å². The van der Waals surface area contributed by atoms with E-state index in [4.69, 9.17) is 23.2 Å². The Morgan fingerprint density at radius 2 is 1.61 bits per heavy atom. The first-order valence-corrected chi connectivity index (χ1v) is 8.37. The van der Waals surface area contributed by atoms with Gasteiger partial charge in [0.2, 0.25) is 0 Å². The number of hydrogen-bond acceptors (Lipinski definition) is 3. The minimum atomic E-state index is -0.333. The van der Waals surface area contributed by atoms with Gasteiger partial charge in [-0.3, -0.25) is 14.5 Å². The van der Waals surface area contributed by atoms with E-state index < -0.39 is 0 Å². The first-order chi connectivity index (χ1) is 11.1. The van der Waals surface area contributed by atoms with E-state index in [9.17, 15) is 9.59 Å². The summed E-state index contributed by atoms with van der Waals surface area (Å²) in [5.41, 5.74) is 1.44. The number of halogens is 2. The van der Waals surface area contributed by atoms with Crippen LogP contribution in [0.5, 0.6) is 0 Å². The van der Waals surface area contributed by atoms with Crippen molar-refractivity contribution in [3.05, 3.63) is 74.6 Å². The van der Waals surface area contributed by atoms with E-state index in [-0.39, 0.29) is 17.7 Å². The second-order valence-corrected chi connectivity index (χ2v) is 6.69. The molecule has 0 radical (unpaired) electrons. The van der Waals surface area contributed by atoms with Crippen LogP contribution in [0.25, 0.3) is 6.08 Å². The van der Waals surface area contributed by atoms with Crippen molar-refractivity contribution in [1.29, 1.82) is 0 Å². The fourth-order valence-electron chi connectivity index (χ4n) is 2.18. The van der Waals surface area contributed by atoms with Crippen molar-refractivity contribution >= 4 is 52.2 Å². The van der Waals surface area contributed by atoms with Gasteiger partial charge in [0.1, 0.15) is 0 Å². The number of carbonyl (C=O) groups is 2. The van der Waals surface area contributed by atoms with Gasteiger partial charge in [-0.15, -0.1) is 0 Å². The van der Waals surface area contributed by atoms with Crippen molar-refractivity contribution in [2.75, 3.05) is 0 Å². The molecule has 0 N–H and O–H groups in total. The third-order valence-electron chi connectivity index (χ3n) is 3.35. The lowest BCUT2D eigenvalue weighted by molar-refractivity contribution is -0.123. The van der Waals surface area contributed by atoms with Crippen LogP contribution >= 0.6 is 35.0 Å². The maximum atomic E-state index is 12.5. The van der Waals surface area contributed by atoms with E-state index in [1.807, 2.05) is 30.3 Å². The quantitative estimate of drug-likeness (QED) is 0.700. The van der Waals surface area contributed by atoms with Gasteiger partial charge in [0.25, 0.3) is 11.1 Å². The summed E-state index contributed by atoms with van der Waals surface area (Å²) in [6, 6.07) is 14.5. The SMILES string of the molecule is O=C1S/C(=C\c2ccccc2)C(=O)N1Cc1c(Cl)cccc1Cl. The summed E-state index contributed by atoms with van der Waals surface area (Å²) in [5.74, 6) is -0.333. The highest BCUT2D eigenvalue weighted by atomic mass is 35.5. The number of hydrogen-bond donors (Lipinski definition) is 0. The molecule has 1 aliphatic rings. The number of rotatable bonds is 3. The topological polar surface area (TPSA) is 37.4 Å². The second kappa shape index (κ2) is 6.79. The van der Waals surface area contributed by atoms with E-state index in [0.29, 0.717) is 20.5 Å². The highest BCUT2D eigenvalue weighted by Gasteiger charge is 2.35. The predicted octanol–water partition coefficient (Wildman–Crippen LogP) is 5.23. The van der Waals surface area contributed by atoms with Crippen LogP contribution in [0.3, 0.4) is 0 Å². The normalized spacial score (nSPS) is 16.4. The fourth-order valence-corrected chi connectivity index (χ4v) is 3.53. The van der Waals surface area contributed by atoms with Gasteiger partial charge in [-0.25, -0.2) is 0 Å². The lowest BCUT2D eigenvalue weighted by Gasteiger charge is -2.14. The van der Waals surface area contributed by atoms with Crippen molar-refractivity contribution in [3.63, 3.8) is 0 Å². The Morgan fingerprint density at radius 1 is 0.957 bits per heavy atom. The molecule has 6 heteroatoms. The minimum absolute atomic E-state index is 0.0648. The molecule has 2 aromatic rings. The molecule has 3 nitrogen and oxygen atoms in total. The third kappa shape index (κ3) is 3.44. The van der Waals surface area contributed by atoms with Gasteiger partial charge in [0.15, 0.2) is 0 Å². The minimum Gasteiger partial charge on any atom is -0.268 e. The molecule has 1 saturated heterocycles. The van der Waals surface area contributed by atoms with Gasteiger partial charge in [-0.2, -0.15) is 0 Å². The van der Waals surface area contributed by atoms with Crippen molar-refractivity contribution in [2.45, 2.75) is 6.54 Å². The largest absolute Gasteiger partial charge is 0.293 e. The Balaban J connectivity index is 1.86. The zero-order valence-corrected chi connectivity index (χ0v) is 14.2. The van der Waals surface area contributed by atoms with Gasteiger partial charge < -0.3 is 0 Å². The summed E-state index contributed by atoms with van der Waals surface area (Å²) < 4.78 is 0. The fraction of sp³-hybridized carbons (Fsp3) is 0.0588. The molecule has 0 aliphatic carbocycles. The Kier molecular flexibility index (Phi) is 4.76. The molecular weight excluding hydrogens is 353 g/mol. The van der Waals surface area contributed by atoms with Crippen LogP contribution in [0.2, 0.25) is 10.0 Å². The van der Waals surface area contributed by atoms with Gasteiger partial charge in [0, 0.05) is 15.6 Å². The van der Waals surface area contributed by atoms with Crippen LogP contribution in [-0.2, 0) is 11.3 Å². The van der Waals surface area contributed by atoms with Gasteiger partial charge >= 0.3 is 0 Å². The van der Waals surface area contributed by atoms with E-state index in [1.165, 1.54) is 0 Å². The molecule has 0 bridgehead atoms. The van der Waals surface area contributed by atoms with Crippen LogP contribution in [0, 0.1) is 0 Å². The predicted molar refractivity (Wildman–Crippen MR) is 94.4 cm³/mol. The Hall–Kier alpha value is -1.75. The highest BCUT2D eigenvalue weighted by molar-refractivity contribution is 8.18. The number of thioether (sulfide) groups is 1. The molecule has 2 aromatic carbocycles. The first kappa shape index (κ1) is 16.1. The smallest absolute Gasteiger partial charge is 0.268 e. The maximum absolute atomic E-state index is 12.5. The van der Waals surface area contributed by atoms with Crippen molar-refractivity contribution in [3.8, 4) is 0 Å². The number of benzene rings is 2. The summed E-state index contributed by atoms with van der Waals surface area (Å²) in [5, 5.41) is 0.542. The maximum Gasteiger partial charge on any atom is 0.293 e. The standard InChI is InChI=1S/C17H11Cl2NO2S/c18-13-7-4-8-14(19)12(13)10-20-16(21)15(23-17(20)22)9-11-5-2-1-3-6-11/h1-9H,10H2/b15-9-. The van der Waals surface area contributed by atoms with E-state index >= 15 is 0 Å². The molecule has 1 fully saturated rings. The molecule has 116 valence electrons. The summed E-state index contributed by atoms with van der Waals surface area (Å²) in [6.07, 6.45) is 1.71. The molecule has 1 aliphatic heterocycles. The lowest BCUT2D eigenvalue weighted by Crippen LogP contribution is -2.27. The number of imide groups is 1. The summed E-state index contributed by atoms with van der Waals surface area (Å²) >= 11 is 13.1. The molecule has 3 rings (SSSR count). The molecule has 0 atom stereocenters. The van der Waals surface area contributed by atoms with E-state index in [0.717, 1.165) is 22.2 Å². The molecular formula is C17H11Cl2NO2S. The molecule has 0 aromatic heterocycles. The number of amides is 2. The van der Waals surface area contributed by atoms with Crippen molar-refractivity contribution in [1.82, 2.24) is 4.90 Å². The van der Waals surface area contributed by atoms with E-state index in [1.54, 1.807) is 24.3 Å². The molecule has 23 heavy (non-hydrogen) atoms. The summed E-state index contributed by atoms with van der Waals surface area (Å²) in [4.78, 5) is 26.2. The monoisotopic (exact) mass is 363 g/mol. The average molecular weight is 364 g/mol. The van der Waals surface area contributed by atoms with Crippen LogP contribution in [-0.4, -0.2) is 16.0 Å². The Labute approximate surface area is 147 Å². The molecule has 0 saturated carbocycles. The first-order valence-electron chi connectivity index (χ1n) is 6.79. The van der Waals surface area contributed by atoms with Crippen LogP contribution in [0.1, 0.15) is 11.1 Å². The van der Waals surface area contributed by atoms with Gasteiger partial charge in [0.05, 0.1) is 11.4 Å². The molecule has 0 unspecified atom stereocenters. The van der Waals surface area contributed by atoms with Gasteiger partial charge in [-0.05, 0) is 35.5 Å². The summed E-state index contributed by atoms with van der Waals surface area (Å²) in [7, 11) is 0.